The van der Waals surface area contributed by atoms with E-state index in [2.05, 4.69) is 0 Å². The largest absolute Gasteiger partial charge is 0.358 e. The standard InChI is InChI=1S/C4H7.CH3.Y/c1-4(2)3;;/h1H,2-3H3;1H3;/q2*-1;. The minimum atomic E-state index is 0. The molecule has 0 aliphatic rings. The van der Waals surface area contributed by atoms with Crippen LogP contribution in [-0.4, -0.2) is 0 Å². The summed E-state index contributed by atoms with van der Waals surface area (Å²) >= 11 is 0. The second-order valence-electron chi connectivity index (χ2n) is 1.08. The van der Waals surface area contributed by atoms with E-state index in [9.17, 15) is 0 Å². The topological polar surface area (TPSA) is 0 Å². The van der Waals surface area contributed by atoms with Crippen molar-refractivity contribution >= 4 is 0 Å². The van der Waals surface area contributed by atoms with E-state index in [-0.39, 0.29) is 40.1 Å². The van der Waals surface area contributed by atoms with Crippen molar-refractivity contribution in [3.63, 3.8) is 0 Å². The molecule has 0 amide bonds. The smallest absolute Gasteiger partial charge is 0 e. The zero-order chi connectivity index (χ0) is 3.58. The predicted octanol–water partition coefficient (Wildman–Crippen LogP) is 1.76. The van der Waals surface area contributed by atoms with Crippen molar-refractivity contribution in [2.45, 2.75) is 13.8 Å². The molecule has 0 bridgehead atoms. The fourth-order valence-corrected chi connectivity index (χ4v) is 0. The van der Waals surface area contributed by atoms with Crippen LogP contribution in [0, 0.1) is 20.3 Å². The van der Waals surface area contributed by atoms with Crippen molar-refractivity contribution in [1.29, 1.82) is 0 Å². The van der Waals surface area contributed by atoms with Gasteiger partial charge in [-0.15, -0.1) is 0 Å². The van der Waals surface area contributed by atoms with E-state index in [0.29, 0.717) is 0 Å². The van der Waals surface area contributed by atoms with Gasteiger partial charge in [0.2, 0.25) is 0 Å². The molecule has 1 heteroatoms. The van der Waals surface area contributed by atoms with Crippen LogP contribution >= 0.6 is 0 Å². The molecule has 0 atom stereocenters. The molecular weight excluding hydrogens is 149 g/mol. The van der Waals surface area contributed by atoms with Crippen molar-refractivity contribution in [3.8, 4) is 0 Å². The summed E-state index contributed by atoms with van der Waals surface area (Å²) in [5, 5.41) is 0. The van der Waals surface area contributed by atoms with Gasteiger partial charge in [-0.3, -0.25) is 0 Å². The van der Waals surface area contributed by atoms with Gasteiger partial charge >= 0.3 is 0 Å². The second kappa shape index (κ2) is 9.44. The number of hydrogen-bond acceptors (Lipinski definition) is 0. The van der Waals surface area contributed by atoms with Gasteiger partial charge in [0.1, 0.15) is 0 Å². The van der Waals surface area contributed by atoms with Crippen molar-refractivity contribution in [3.05, 3.63) is 20.3 Å². The maximum absolute atomic E-state index is 5.03. The molecule has 0 heterocycles. The van der Waals surface area contributed by atoms with E-state index in [1.165, 1.54) is 0 Å². The molecule has 0 unspecified atom stereocenters. The third kappa shape index (κ3) is 70.5. The first-order valence-corrected chi connectivity index (χ1v) is 1.29. The van der Waals surface area contributed by atoms with Gasteiger partial charge in [0.15, 0.2) is 0 Å². The predicted molar refractivity (Wildman–Crippen MR) is 25.3 cm³/mol. The van der Waals surface area contributed by atoms with Gasteiger partial charge in [-0.2, -0.15) is 13.8 Å². The van der Waals surface area contributed by atoms with Crippen LogP contribution in [0.4, 0.5) is 0 Å². The molecule has 3 radical (unpaired) electrons. The van der Waals surface area contributed by atoms with E-state index >= 15 is 0 Å². The average molecular weight is 159 g/mol. The zero-order valence-electron chi connectivity index (χ0n) is 4.65. The third-order valence-electron chi connectivity index (χ3n) is 0. The monoisotopic (exact) mass is 159 g/mol. The van der Waals surface area contributed by atoms with E-state index in [1.807, 2.05) is 13.8 Å². The van der Waals surface area contributed by atoms with Crippen molar-refractivity contribution in [1.82, 2.24) is 0 Å². The summed E-state index contributed by atoms with van der Waals surface area (Å²) in [5.74, 6) is 0.917. The summed E-state index contributed by atoms with van der Waals surface area (Å²) in [5.41, 5.74) is 0. The summed E-state index contributed by atoms with van der Waals surface area (Å²) in [6.45, 7) is 8.75. The molecule has 0 rings (SSSR count). The Morgan fingerprint density at radius 3 is 1.33 bits per heavy atom. The van der Waals surface area contributed by atoms with Crippen LogP contribution in [0.5, 0.6) is 0 Å². The van der Waals surface area contributed by atoms with Gasteiger partial charge in [0.25, 0.3) is 0 Å². The van der Waals surface area contributed by atoms with Crippen molar-refractivity contribution < 1.29 is 32.7 Å². The molecule has 6 heavy (non-hydrogen) atoms. The normalized spacial score (nSPS) is 6.00. The first-order chi connectivity index (χ1) is 1.73. The molecule has 35 valence electrons. The molecule has 0 aromatic heterocycles. The van der Waals surface area contributed by atoms with Crippen LogP contribution in [0.3, 0.4) is 0 Å². The van der Waals surface area contributed by atoms with Crippen LogP contribution in [-0.2, 0) is 32.7 Å². The molecule has 0 N–H and O–H groups in total. The van der Waals surface area contributed by atoms with Crippen molar-refractivity contribution in [2.24, 2.45) is 0 Å². The fourth-order valence-electron chi connectivity index (χ4n) is 0. The number of hydrogen-bond donors (Lipinski definition) is 0. The number of rotatable bonds is 0. The second-order valence-corrected chi connectivity index (χ2v) is 1.08. The van der Waals surface area contributed by atoms with Gasteiger partial charge in [-0.05, 0) is 0 Å². The molecule has 0 aromatic carbocycles. The van der Waals surface area contributed by atoms with E-state index in [4.69, 9.17) is 6.92 Å². The zero-order valence-corrected chi connectivity index (χ0v) is 7.49. The molecular formula is C5H10Y-2. The maximum atomic E-state index is 5.03. The molecule has 0 spiro atoms. The Kier molecular flexibility index (Phi) is 24.7. The Labute approximate surface area is 66.6 Å². The Morgan fingerprint density at radius 1 is 1.33 bits per heavy atom. The van der Waals surface area contributed by atoms with Gasteiger partial charge < -0.3 is 13.3 Å². The van der Waals surface area contributed by atoms with Crippen LogP contribution in [0.25, 0.3) is 0 Å². The van der Waals surface area contributed by atoms with Crippen LogP contribution in [0.1, 0.15) is 13.8 Å². The van der Waals surface area contributed by atoms with Gasteiger partial charge in [0.05, 0.1) is 0 Å². The molecule has 0 saturated heterocycles. The fraction of sp³-hybridized carbons (Fsp3) is 0.400. The molecule has 0 nitrogen and oxygen atoms in total. The Hall–Kier alpha value is 1.10. The molecule has 0 fully saturated rings. The van der Waals surface area contributed by atoms with Crippen LogP contribution < -0.4 is 0 Å². The quantitative estimate of drug-likeness (QED) is 0.472. The molecule has 0 saturated carbocycles. The third-order valence-corrected chi connectivity index (χ3v) is 0. The minimum absolute atomic E-state index is 0. The minimum Gasteiger partial charge on any atom is -0.358 e. The van der Waals surface area contributed by atoms with Crippen LogP contribution in [0.15, 0.2) is 0 Å². The van der Waals surface area contributed by atoms with Gasteiger partial charge in [-0.25, -0.2) is 6.92 Å². The maximum Gasteiger partial charge on any atom is 0 e. The Balaban J connectivity index is -0.0000000450. The van der Waals surface area contributed by atoms with E-state index in [0.717, 1.165) is 5.92 Å². The van der Waals surface area contributed by atoms with Crippen molar-refractivity contribution in [2.75, 3.05) is 0 Å². The summed E-state index contributed by atoms with van der Waals surface area (Å²) in [6.07, 6.45) is 0. The van der Waals surface area contributed by atoms with Crippen LogP contribution in [0.2, 0.25) is 0 Å². The van der Waals surface area contributed by atoms with E-state index < -0.39 is 0 Å². The summed E-state index contributed by atoms with van der Waals surface area (Å²) in [6, 6.07) is 0. The first kappa shape index (κ1) is 15.7. The summed E-state index contributed by atoms with van der Waals surface area (Å²) in [4.78, 5) is 0. The Bertz CT molecular complexity index is 8.66. The SMILES string of the molecule is [CH3-].[CH][C-](C)C.[Y]. The summed E-state index contributed by atoms with van der Waals surface area (Å²) in [7, 11) is 0. The molecule has 0 aliphatic heterocycles. The average Bonchev–Trinajstić information content (AvgIpc) is 0.811. The van der Waals surface area contributed by atoms with Gasteiger partial charge in [-0.1, -0.05) is 0 Å². The molecule has 0 aliphatic carbocycles. The van der Waals surface area contributed by atoms with E-state index in [1.54, 1.807) is 0 Å². The Morgan fingerprint density at radius 2 is 1.33 bits per heavy atom. The first-order valence-electron chi connectivity index (χ1n) is 1.29. The molecule has 0 aromatic rings. The van der Waals surface area contributed by atoms with Gasteiger partial charge in [0, 0.05) is 32.7 Å². The summed E-state index contributed by atoms with van der Waals surface area (Å²) < 4.78 is 0.